The van der Waals surface area contributed by atoms with Gasteiger partial charge in [0.05, 0.1) is 23.3 Å². The average molecular weight is 453 g/mol. The SMILES string of the molecule is COC(=O)c1cccc(NC(=O)c2ccc(C)c(NS(=O)(=O)c3ccc(C)cc3)c2)c1C. The van der Waals surface area contributed by atoms with E-state index in [-0.39, 0.29) is 10.5 Å². The quantitative estimate of drug-likeness (QED) is 0.538. The van der Waals surface area contributed by atoms with Crippen LogP contribution in [0.25, 0.3) is 0 Å². The zero-order valence-electron chi connectivity index (χ0n) is 18.2. The lowest BCUT2D eigenvalue weighted by Crippen LogP contribution is -2.17. The van der Waals surface area contributed by atoms with E-state index < -0.39 is 21.9 Å². The van der Waals surface area contributed by atoms with E-state index in [0.717, 1.165) is 5.56 Å². The number of rotatable bonds is 6. The summed E-state index contributed by atoms with van der Waals surface area (Å²) in [5.74, 6) is -0.937. The molecule has 3 rings (SSSR count). The number of methoxy groups -OCH3 is 1. The highest BCUT2D eigenvalue weighted by atomic mass is 32.2. The lowest BCUT2D eigenvalue weighted by molar-refractivity contribution is 0.0599. The number of benzene rings is 3. The van der Waals surface area contributed by atoms with Crippen LogP contribution in [-0.2, 0) is 14.8 Å². The van der Waals surface area contributed by atoms with Crippen molar-refractivity contribution in [2.75, 3.05) is 17.1 Å². The molecule has 0 atom stereocenters. The molecule has 3 aromatic rings. The van der Waals surface area contributed by atoms with E-state index >= 15 is 0 Å². The van der Waals surface area contributed by atoms with E-state index in [9.17, 15) is 18.0 Å². The molecule has 8 heteroatoms. The number of aryl methyl sites for hydroxylation is 2. The molecule has 0 heterocycles. The number of amides is 1. The molecule has 0 unspecified atom stereocenters. The highest BCUT2D eigenvalue weighted by Gasteiger charge is 2.18. The van der Waals surface area contributed by atoms with Gasteiger partial charge in [-0.25, -0.2) is 13.2 Å². The van der Waals surface area contributed by atoms with Gasteiger partial charge in [-0.2, -0.15) is 0 Å². The molecule has 0 radical (unpaired) electrons. The second-order valence-electron chi connectivity index (χ2n) is 7.37. The summed E-state index contributed by atoms with van der Waals surface area (Å²) < 4.78 is 32.8. The number of carbonyl (C=O) groups is 2. The first-order valence-corrected chi connectivity index (χ1v) is 11.3. The molecule has 0 aromatic heterocycles. The third-order valence-corrected chi connectivity index (χ3v) is 6.44. The van der Waals surface area contributed by atoms with Crippen LogP contribution in [0.4, 0.5) is 11.4 Å². The monoisotopic (exact) mass is 452 g/mol. The summed E-state index contributed by atoms with van der Waals surface area (Å²) in [5, 5.41) is 2.77. The van der Waals surface area contributed by atoms with E-state index in [1.165, 1.54) is 25.3 Å². The molecule has 0 spiro atoms. The highest BCUT2D eigenvalue weighted by molar-refractivity contribution is 7.92. The van der Waals surface area contributed by atoms with Gasteiger partial charge < -0.3 is 10.1 Å². The average Bonchev–Trinajstić information content (AvgIpc) is 2.76. The number of ether oxygens (including phenoxy) is 1. The summed E-state index contributed by atoms with van der Waals surface area (Å²) in [4.78, 5) is 24.9. The molecule has 166 valence electrons. The molecule has 7 nitrogen and oxygen atoms in total. The second kappa shape index (κ2) is 9.23. The fourth-order valence-corrected chi connectivity index (χ4v) is 4.21. The van der Waals surface area contributed by atoms with E-state index in [1.54, 1.807) is 56.3 Å². The summed E-state index contributed by atoms with van der Waals surface area (Å²) in [6.45, 7) is 5.33. The van der Waals surface area contributed by atoms with Gasteiger partial charge in [-0.05, 0) is 68.3 Å². The number of esters is 1. The Morgan fingerprint density at radius 1 is 0.875 bits per heavy atom. The molecular formula is C24H24N2O5S. The van der Waals surface area contributed by atoms with Gasteiger partial charge in [0.25, 0.3) is 15.9 Å². The molecule has 0 saturated heterocycles. The predicted molar refractivity (Wildman–Crippen MR) is 124 cm³/mol. The van der Waals surface area contributed by atoms with Crippen molar-refractivity contribution in [3.63, 3.8) is 0 Å². The largest absolute Gasteiger partial charge is 0.465 e. The molecular weight excluding hydrogens is 428 g/mol. The summed E-state index contributed by atoms with van der Waals surface area (Å²) in [7, 11) is -2.52. The van der Waals surface area contributed by atoms with Gasteiger partial charge in [-0.15, -0.1) is 0 Å². The minimum absolute atomic E-state index is 0.132. The molecule has 1 amide bonds. The Balaban J connectivity index is 1.86. The Bertz CT molecular complexity index is 1280. The lowest BCUT2D eigenvalue weighted by atomic mass is 10.1. The van der Waals surface area contributed by atoms with E-state index in [4.69, 9.17) is 4.74 Å². The number of hydrogen-bond donors (Lipinski definition) is 2. The Labute approximate surface area is 187 Å². The molecule has 2 N–H and O–H groups in total. The number of anilines is 2. The van der Waals surface area contributed by atoms with E-state index in [1.807, 2.05) is 6.92 Å². The van der Waals surface area contributed by atoms with Gasteiger partial charge in [0.15, 0.2) is 0 Å². The van der Waals surface area contributed by atoms with Gasteiger partial charge in [0, 0.05) is 11.3 Å². The van der Waals surface area contributed by atoms with Crippen molar-refractivity contribution >= 4 is 33.3 Å². The Kier molecular flexibility index (Phi) is 6.64. The standard InChI is InChI=1S/C24H24N2O5S/c1-15-8-12-19(13-9-15)32(29,30)26-22-14-18(11-10-16(22)2)23(27)25-21-7-5-6-20(17(21)3)24(28)31-4/h5-14,26H,1-4H3,(H,25,27). The van der Waals surface area contributed by atoms with Crippen LogP contribution in [0.5, 0.6) is 0 Å². The minimum Gasteiger partial charge on any atom is -0.465 e. The molecule has 0 fully saturated rings. The third-order valence-electron chi connectivity index (χ3n) is 5.06. The molecule has 0 aliphatic heterocycles. The maximum absolute atomic E-state index is 12.8. The van der Waals surface area contributed by atoms with Crippen LogP contribution >= 0.6 is 0 Å². The summed E-state index contributed by atoms with van der Waals surface area (Å²) >= 11 is 0. The number of hydrogen-bond acceptors (Lipinski definition) is 5. The first-order chi connectivity index (χ1) is 15.1. The minimum atomic E-state index is -3.81. The van der Waals surface area contributed by atoms with Crippen molar-refractivity contribution in [3.8, 4) is 0 Å². The number of nitrogens with one attached hydrogen (secondary N) is 2. The first kappa shape index (κ1) is 23.0. The zero-order valence-corrected chi connectivity index (χ0v) is 19.0. The van der Waals surface area contributed by atoms with Crippen LogP contribution in [0, 0.1) is 20.8 Å². The normalized spacial score (nSPS) is 11.0. The van der Waals surface area contributed by atoms with Gasteiger partial charge in [0.1, 0.15) is 0 Å². The number of carbonyl (C=O) groups excluding carboxylic acids is 2. The molecule has 0 aliphatic carbocycles. The maximum atomic E-state index is 12.8. The first-order valence-electron chi connectivity index (χ1n) is 9.82. The zero-order chi connectivity index (χ0) is 23.5. The van der Waals surface area contributed by atoms with Crippen LogP contribution in [0.1, 0.15) is 37.4 Å². The van der Waals surface area contributed by atoms with Crippen molar-refractivity contribution in [2.24, 2.45) is 0 Å². The molecule has 3 aromatic carbocycles. The Morgan fingerprint density at radius 3 is 2.22 bits per heavy atom. The Hall–Kier alpha value is -3.65. The van der Waals surface area contributed by atoms with Crippen LogP contribution < -0.4 is 10.0 Å². The fourth-order valence-electron chi connectivity index (χ4n) is 3.09. The molecule has 0 aliphatic rings. The Morgan fingerprint density at radius 2 is 1.56 bits per heavy atom. The molecule has 0 saturated carbocycles. The lowest BCUT2D eigenvalue weighted by Gasteiger charge is -2.14. The predicted octanol–water partition coefficient (Wildman–Crippen LogP) is 4.45. The van der Waals surface area contributed by atoms with Crippen LogP contribution in [0.3, 0.4) is 0 Å². The topological polar surface area (TPSA) is 102 Å². The number of sulfonamides is 1. The second-order valence-corrected chi connectivity index (χ2v) is 9.05. The third kappa shape index (κ3) is 4.97. The molecule has 32 heavy (non-hydrogen) atoms. The summed E-state index contributed by atoms with van der Waals surface area (Å²) in [6.07, 6.45) is 0. The maximum Gasteiger partial charge on any atom is 0.338 e. The summed E-state index contributed by atoms with van der Waals surface area (Å²) in [6, 6.07) is 16.2. The van der Waals surface area contributed by atoms with E-state index in [2.05, 4.69) is 10.0 Å². The van der Waals surface area contributed by atoms with Crippen molar-refractivity contribution in [3.05, 3.63) is 88.5 Å². The molecule has 0 bridgehead atoms. The fraction of sp³-hybridized carbons (Fsp3) is 0.167. The van der Waals surface area contributed by atoms with E-state index in [0.29, 0.717) is 28.1 Å². The highest BCUT2D eigenvalue weighted by Crippen LogP contribution is 2.24. The van der Waals surface area contributed by atoms with Crippen molar-refractivity contribution < 1.29 is 22.7 Å². The van der Waals surface area contributed by atoms with Gasteiger partial charge in [-0.3, -0.25) is 9.52 Å². The van der Waals surface area contributed by atoms with Gasteiger partial charge in [0.2, 0.25) is 0 Å². The summed E-state index contributed by atoms with van der Waals surface area (Å²) in [5.41, 5.74) is 3.56. The van der Waals surface area contributed by atoms with Crippen LogP contribution in [-0.4, -0.2) is 27.4 Å². The van der Waals surface area contributed by atoms with Crippen molar-refractivity contribution in [2.45, 2.75) is 25.7 Å². The van der Waals surface area contributed by atoms with Crippen LogP contribution in [0.2, 0.25) is 0 Å². The van der Waals surface area contributed by atoms with Crippen molar-refractivity contribution in [1.29, 1.82) is 0 Å². The van der Waals surface area contributed by atoms with Crippen LogP contribution in [0.15, 0.2) is 65.6 Å². The van der Waals surface area contributed by atoms with Gasteiger partial charge >= 0.3 is 5.97 Å². The van der Waals surface area contributed by atoms with Crippen molar-refractivity contribution in [1.82, 2.24) is 0 Å². The van der Waals surface area contributed by atoms with Gasteiger partial charge in [-0.1, -0.05) is 29.8 Å². The smallest absolute Gasteiger partial charge is 0.338 e.